The molecule has 1 N–H and O–H groups in total. The Morgan fingerprint density at radius 1 is 1.44 bits per heavy atom. The molecule has 1 aromatic heterocycles. The molecule has 0 aliphatic rings. The summed E-state index contributed by atoms with van der Waals surface area (Å²) in [6.45, 7) is 5.24. The maximum Gasteiger partial charge on any atom is 0.213 e. The van der Waals surface area contributed by atoms with E-state index in [4.69, 9.17) is 4.74 Å². The van der Waals surface area contributed by atoms with Crippen molar-refractivity contribution < 1.29 is 4.74 Å². The van der Waals surface area contributed by atoms with E-state index in [1.54, 1.807) is 7.11 Å². The lowest BCUT2D eigenvalue weighted by molar-refractivity contribution is 0.394. The number of unbranched alkanes of at least 4 members (excludes halogenated alkanes) is 1. The number of pyridine rings is 1. The summed E-state index contributed by atoms with van der Waals surface area (Å²) in [5.41, 5.74) is 1.03. The first kappa shape index (κ1) is 13.0. The molecule has 0 saturated carbocycles. The molecule has 1 aromatic rings. The zero-order chi connectivity index (χ0) is 11.8. The van der Waals surface area contributed by atoms with Crippen molar-refractivity contribution in [3.8, 4) is 5.88 Å². The molecular formula is C13H22N2O. The number of ether oxygens (including phenoxy) is 1. The van der Waals surface area contributed by atoms with Crippen molar-refractivity contribution in [3.05, 3.63) is 23.9 Å². The second-order valence-electron chi connectivity index (χ2n) is 4.10. The van der Waals surface area contributed by atoms with Crippen LogP contribution in [-0.2, 0) is 6.54 Å². The van der Waals surface area contributed by atoms with E-state index in [0.717, 1.165) is 12.2 Å². The molecule has 0 amide bonds. The van der Waals surface area contributed by atoms with Gasteiger partial charge in [0.25, 0.3) is 0 Å². The number of aromatic nitrogens is 1. The van der Waals surface area contributed by atoms with Gasteiger partial charge in [0, 0.05) is 18.7 Å². The van der Waals surface area contributed by atoms with Gasteiger partial charge in [0.2, 0.25) is 5.88 Å². The summed E-state index contributed by atoms with van der Waals surface area (Å²) in [6.07, 6.45) is 3.75. The highest BCUT2D eigenvalue weighted by molar-refractivity contribution is 5.15. The van der Waals surface area contributed by atoms with E-state index in [2.05, 4.69) is 24.1 Å². The average Bonchev–Trinajstić information content (AvgIpc) is 2.34. The van der Waals surface area contributed by atoms with Gasteiger partial charge in [-0.05, 0) is 19.4 Å². The van der Waals surface area contributed by atoms with Gasteiger partial charge in [0.05, 0.1) is 12.8 Å². The minimum Gasteiger partial charge on any atom is -0.481 e. The molecule has 1 rings (SSSR count). The molecule has 1 unspecified atom stereocenters. The predicted molar refractivity (Wildman–Crippen MR) is 66.6 cm³/mol. The molecule has 1 atom stereocenters. The minimum atomic E-state index is 0.549. The zero-order valence-corrected chi connectivity index (χ0v) is 10.5. The molecule has 16 heavy (non-hydrogen) atoms. The van der Waals surface area contributed by atoms with Crippen LogP contribution in [0.4, 0.5) is 0 Å². The summed E-state index contributed by atoms with van der Waals surface area (Å²) in [5.74, 6) is 0.681. The molecule has 3 nitrogen and oxygen atoms in total. The van der Waals surface area contributed by atoms with E-state index in [-0.39, 0.29) is 0 Å². The van der Waals surface area contributed by atoms with E-state index in [1.807, 2.05) is 18.2 Å². The van der Waals surface area contributed by atoms with Crippen molar-refractivity contribution in [3.63, 3.8) is 0 Å². The van der Waals surface area contributed by atoms with Gasteiger partial charge < -0.3 is 10.1 Å². The number of nitrogens with one attached hydrogen (secondary N) is 1. The Labute approximate surface area is 98.2 Å². The minimum absolute atomic E-state index is 0.549. The van der Waals surface area contributed by atoms with Gasteiger partial charge >= 0.3 is 0 Å². The molecule has 0 aromatic carbocycles. The van der Waals surface area contributed by atoms with E-state index in [1.165, 1.54) is 19.3 Å². The van der Waals surface area contributed by atoms with Crippen LogP contribution in [0, 0.1) is 0 Å². The normalized spacial score (nSPS) is 12.4. The molecular weight excluding hydrogens is 200 g/mol. The highest BCUT2D eigenvalue weighted by Gasteiger charge is 2.02. The van der Waals surface area contributed by atoms with Crippen LogP contribution < -0.4 is 10.1 Å². The first-order valence-electron chi connectivity index (χ1n) is 5.99. The lowest BCUT2D eigenvalue weighted by atomic mass is 10.1. The van der Waals surface area contributed by atoms with Gasteiger partial charge in [-0.15, -0.1) is 0 Å². The van der Waals surface area contributed by atoms with Crippen molar-refractivity contribution in [2.24, 2.45) is 0 Å². The molecule has 0 saturated heterocycles. The maximum absolute atomic E-state index is 5.09. The highest BCUT2D eigenvalue weighted by atomic mass is 16.5. The fraction of sp³-hybridized carbons (Fsp3) is 0.615. The summed E-state index contributed by atoms with van der Waals surface area (Å²) in [7, 11) is 1.64. The topological polar surface area (TPSA) is 34.1 Å². The van der Waals surface area contributed by atoms with Crippen LogP contribution in [0.5, 0.6) is 5.88 Å². The Bertz CT molecular complexity index is 302. The smallest absolute Gasteiger partial charge is 0.213 e. The molecule has 0 bridgehead atoms. The summed E-state index contributed by atoms with van der Waals surface area (Å²) in [6, 6.07) is 6.40. The third-order valence-corrected chi connectivity index (χ3v) is 2.61. The summed E-state index contributed by atoms with van der Waals surface area (Å²) in [4.78, 5) is 4.36. The highest BCUT2D eigenvalue weighted by Crippen LogP contribution is 2.07. The van der Waals surface area contributed by atoms with E-state index in [0.29, 0.717) is 11.9 Å². The van der Waals surface area contributed by atoms with Crippen LogP contribution in [0.3, 0.4) is 0 Å². The van der Waals surface area contributed by atoms with Crippen LogP contribution in [0.25, 0.3) is 0 Å². The van der Waals surface area contributed by atoms with Crippen LogP contribution in [0.1, 0.15) is 38.8 Å². The Balaban J connectivity index is 2.35. The van der Waals surface area contributed by atoms with Crippen LogP contribution >= 0.6 is 0 Å². The van der Waals surface area contributed by atoms with Crippen LogP contribution in [0.2, 0.25) is 0 Å². The van der Waals surface area contributed by atoms with Crippen LogP contribution in [0.15, 0.2) is 18.2 Å². The SMILES string of the molecule is CCCCC(C)NCc1cccc(OC)n1. The van der Waals surface area contributed by atoms with Crippen molar-refractivity contribution in [1.82, 2.24) is 10.3 Å². The second-order valence-corrected chi connectivity index (χ2v) is 4.10. The van der Waals surface area contributed by atoms with E-state index >= 15 is 0 Å². The standard InChI is InChI=1S/C13H22N2O/c1-4-5-7-11(2)14-10-12-8-6-9-13(15-12)16-3/h6,8-9,11,14H,4-5,7,10H2,1-3H3. The zero-order valence-electron chi connectivity index (χ0n) is 10.5. The predicted octanol–water partition coefficient (Wildman–Crippen LogP) is 2.76. The quantitative estimate of drug-likeness (QED) is 0.770. The van der Waals surface area contributed by atoms with Gasteiger partial charge in [0.15, 0.2) is 0 Å². The van der Waals surface area contributed by atoms with E-state index in [9.17, 15) is 0 Å². The number of hydrogen-bond donors (Lipinski definition) is 1. The Morgan fingerprint density at radius 3 is 2.94 bits per heavy atom. The molecule has 3 heteroatoms. The Morgan fingerprint density at radius 2 is 2.25 bits per heavy atom. The van der Waals surface area contributed by atoms with Crippen molar-refractivity contribution in [2.75, 3.05) is 7.11 Å². The fourth-order valence-corrected chi connectivity index (χ4v) is 1.56. The lowest BCUT2D eigenvalue weighted by Crippen LogP contribution is -2.25. The molecule has 0 aliphatic carbocycles. The third kappa shape index (κ3) is 4.62. The first-order chi connectivity index (χ1) is 7.76. The number of rotatable bonds is 7. The summed E-state index contributed by atoms with van der Waals surface area (Å²) in [5, 5.41) is 3.47. The molecule has 0 radical (unpaired) electrons. The van der Waals surface area contributed by atoms with Gasteiger partial charge in [-0.3, -0.25) is 0 Å². The fourth-order valence-electron chi connectivity index (χ4n) is 1.56. The molecule has 0 aliphatic heterocycles. The Hall–Kier alpha value is -1.09. The largest absolute Gasteiger partial charge is 0.481 e. The molecule has 0 spiro atoms. The van der Waals surface area contributed by atoms with Gasteiger partial charge in [0.1, 0.15) is 0 Å². The Kier molecular flexibility index (Phi) is 5.86. The van der Waals surface area contributed by atoms with Gasteiger partial charge in [-0.2, -0.15) is 0 Å². The van der Waals surface area contributed by atoms with Gasteiger partial charge in [-0.1, -0.05) is 25.8 Å². The molecule has 0 fully saturated rings. The van der Waals surface area contributed by atoms with Crippen molar-refractivity contribution in [1.29, 1.82) is 0 Å². The van der Waals surface area contributed by atoms with Crippen LogP contribution in [-0.4, -0.2) is 18.1 Å². The van der Waals surface area contributed by atoms with Crippen molar-refractivity contribution >= 4 is 0 Å². The number of hydrogen-bond acceptors (Lipinski definition) is 3. The third-order valence-electron chi connectivity index (χ3n) is 2.61. The average molecular weight is 222 g/mol. The monoisotopic (exact) mass is 222 g/mol. The van der Waals surface area contributed by atoms with E-state index < -0.39 is 0 Å². The summed E-state index contributed by atoms with van der Waals surface area (Å²) < 4.78 is 5.09. The number of nitrogens with zero attached hydrogens (tertiary/aromatic N) is 1. The van der Waals surface area contributed by atoms with Crippen molar-refractivity contribution in [2.45, 2.75) is 45.7 Å². The molecule has 90 valence electrons. The summed E-state index contributed by atoms with van der Waals surface area (Å²) >= 11 is 0. The lowest BCUT2D eigenvalue weighted by Gasteiger charge is -2.13. The maximum atomic E-state index is 5.09. The van der Waals surface area contributed by atoms with Gasteiger partial charge in [-0.25, -0.2) is 4.98 Å². The second kappa shape index (κ2) is 7.23. The number of methoxy groups -OCH3 is 1. The first-order valence-corrected chi connectivity index (χ1v) is 5.99. The molecule has 1 heterocycles.